The summed E-state index contributed by atoms with van der Waals surface area (Å²) in [5.74, 6) is -0.0468. The molecule has 0 saturated carbocycles. The van der Waals surface area contributed by atoms with Gasteiger partial charge in [-0.25, -0.2) is 8.42 Å². The molecule has 0 spiro atoms. The maximum absolute atomic E-state index is 12.1. The second-order valence-electron chi connectivity index (χ2n) is 4.86. The molecule has 0 radical (unpaired) electrons. The van der Waals surface area contributed by atoms with Crippen LogP contribution in [0.1, 0.15) is 38.5 Å². The van der Waals surface area contributed by atoms with E-state index in [1.165, 1.54) is 0 Å². The normalized spacial score (nSPS) is 22.7. The predicted molar refractivity (Wildman–Crippen MR) is 76.7 cm³/mol. The van der Waals surface area contributed by atoms with Crippen molar-refractivity contribution >= 4 is 31.7 Å². The molecule has 4 nitrogen and oxygen atoms in total. The van der Waals surface area contributed by atoms with Crippen LogP contribution in [-0.2, 0) is 14.6 Å². The molecule has 1 unspecified atom stereocenters. The highest BCUT2D eigenvalue weighted by Crippen LogP contribution is 2.21. The molecule has 0 aromatic rings. The first-order valence-electron chi connectivity index (χ1n) is 6.51. The highest BCUT2D eigenvalue weighted by atomic mass is 79.9. The summed E-state index contributed by atoms with van der Waals surface area (Å²) in [6.45, 7) is 0.651. The minimum absolute atomic E-state index is 0.167. The Kier molecular flexibility index (Phi) is 6.63. The summed E-state index contributed by atoms with van der Waals surface area (Å²) in [7, 11) is -1.49. The number of carbonyl (C=O) groups is 1. The molecule has 1 heterocycles. The zero-order valence-corrected chi connectivity index (χ0v) is 13.3. The third kappa shape index (κ3) is 4.53. The lowest BCUT2D eigenvalue weighted by molar-refractivity contribution is -0.129. The summed E-state index contributed by atoms with van der Waals surface area (Å²) >= 11 is 3.36. The molecule has 0 N–H and O–H groups in total. The lowest BCUT2D eigenvalue weighted by atomic mass is 10.1. The zero-order valence-electron chi connectivity index (χ0n) is 10.9. The number of amides is 1. The second-order valence-corrected chi connectivity index (χ2v) is 7.96. The van der Waals surface area contributed by atoms with Crippen LogP contribution in [0, 0.1) is 0 Å². The molecule has 1 saturated heterocycles. The van der Waals surface area contributed by atoms with Crippen molar-refractivity contribution in [1.82, 2.24) is 4.90 Å². The maximum atomic E-state index is 12.1. The van der Waals surface area contributed by atoms with Crippen LogP contribution in [0.3, 0.4) is 0 Å². The average Bonchev–Trinajstić information content (AvgIpc) is 2.33. The quantitative estimate of drug-likeness (QED) is 0.549. The number of hydrogen-bond acceptors (Lipinski definition) is 3. The van der Waals surface area contributed by atoms with E-state index < -0.39 is 15.1 Å². The first-order valence-corrected chi connectivity index (χ1v) is 9.35. The molecule has 1 atom stereocenters. The van der Waals surface area contributed by atoms with Crippen LogP contribution in [0.2, 0.25) is 0 Å². The van der Waals surface area contributed by atoms with Gasteiger partial charge in [0.1, 0.15) is 5.25 Å². The van der Waals surface area contributed by atoms with Gasteiger partial charge in [0.2, 0.25) is 5.91 Å². The fraction of sp³-hybridized carbons (Fsp3) is 0.917. The molecule has 0 aromatic heterocycles. The maximum Gasteiger partial charge on any atom is 0.240 e. The summed E-state index contributed by atoms with van der Waals surface area (Å²) in [6.07, 6.45) is 5.10. The minimum atomic E-state index is -3.20. The Bertz CT molecular complexity index is 370. The van der Waals surface area contributed by atoms with E-state index in [0.717, 1.165) is 31.0 Å². The molecular formula is C12H22BrNO3S. The van der Waals surface area contributed by atoms with Gasteiger partial charge in [-0.2, -0.15) is 0 Å². The number of carbonyl (C=O) groups excluding carboxylic acids is 1. The van der Waals surface area contributed by atoms with Gasteiger partial charge in [-0.3, -0.25) is 4.79 Å². The van der Waals surface area contributed by atoms with Crippen LogP contribution >= 0.6 is 15.9 Å². The predicted octanol–water partition coefficient (Wildman–Crippen LogP) is 1.98. The molecule has 1 amide bonds. The van der Waals surface area contributed by atoms with Crippen LogP contribution in [0.4, 0.5) is 0 Å². The molecule has 6 heteroatoms. The molecule has 0 bridgehead atoms. The van der Waals surface area contributed by atoms with Gasteiger partial charge in [0.05, 0.1) is 5.75 Å². The SMILES string of the molecule is CN(CCCCCBr)C(=O)C1CCCCS1(=O)=O. The lowest BCUT2D eigenvalue weighted by Crippen LogP contribution is -2.44. The van der Waals surface area contributed by atoms with Crippen LogP contribution in [-0.4, -0.2) is 49.2 Å². The van der Waals surface area contributed by atoms with E-state index in [0.29, 0.717) is 19.4 Å². The molecule has 106 valence electrons. The van der Waals surface area contributed by atoms with Crippen molar-refractivity contribution in [2.24, 2.45) is 0 Å². The number of rotatable bonds is 6. The van der Waals surface area contributed by atoms with Crippen molar-refractivity contribution in [3.63, 3.8) is 0 Å². The number of halogens is 1. The van der Waals surface area contributed by atoms with Crippen LogP contribution in [0.5, 0.6) is 0 Å². The van der Waals surface area contributed by atoms with Crippen LogP contribution < -0.4 is 0 Å². The Morgan fingerprint density at radius 1 is 1.28 bits per heavy atom. The van der Waals surface area contributed by atoms with Gasteiger partial charge in [-0.15, -0.1) is 0 Å². The number of sulfone groups is 1. The van der Waals surface area contributed by atoms with E-state index in [-0.39, 0.29) is 11.7 Å². The molecule has 0 aromatic carbocycles. The van der Waals surface area contributed by atoms with Crippen molar-refractivity contribution in [1.29, 1.82) is 0 Å². The standard InChI is InChI=1S/C12H22BrNO3S/c1-14(9-5-2-4-8-13)12(15)11-7-3-6-10-18(11,16)17/h11H,2-10H2,1H3. The van der Waals surface area contributed by atoms with Gasteiger partial charge in [0.25, 0.3) is 0 Å². The lowest BCUT2D eigenvalue weighted by Gasteiger charge is -2.26. The Hall–Kier alpha value is -0.100. The van der Waals surface area contributed by atoms with Gasteiger partial charge in [0, 0.05) is 18.9 Å². The van der Waals surface area contributed by atoms with E-state index >= 15 is 0 Å². The monoisotopic (exact) mass is 339 g/mol. The number of unbranched alkanes of at least 4 members (excludes halogenated alkanes) is 2. The summed E-state index contributed by atoms with van der Waals surface area (Å²) < 4.78 is 23.7. The Balaban J connectivity index is 2.47. The molecule has 1 rings (SSSR count). The molecule has 1 fully saturated rings. The summed E-state index contributed by atoms with van der Waals surface area (Å²) in [4.78, 5) is 13.7. The van der Waals surface area contributed by atoms with E-state index in [1.54, 1.807) is 11.9 Å². The first-order chi connectivity index (χ1) is 8.49. The fourth-order valence-electron chi connectivity index (χ4n) is 2.21. The van der Waals surface area contributed by atoms with Crippen molar-refractivity contribution in [2.45, 2.75) is 43.8 Å². The van der Waals surface area contributed by atoms with Gasteiger partial charge in [-0.1, -0.05) is 28.8 Å². The number of alkyl halides is 1. The Morgan fingerprint density at radius 3 is 2.61 bits per heavy atom. The first kappa shape index (κ1) is 16.0. The Morgan fingerprint density at radius 2 is 2.00 bits per heavy atom. The Labute approximate surface area is 118 Å². The third-order valence-corrected chi connectivity index (χ3v) is 6.08. The van der Waals surface area contributed by atoms with E-state index in [4.69, 9.17) is 0 Å². The van der Waals surface area contributed by atoms with Gasteiger partial charge in [-0.05, 0) is 25.7 Å². The largest absolute Gasteiger partial charge is 0.345 e. The third-order valence-electron chi connectivity index (χ3n) is 3.36. The minimum Gasteiger partial charge on any atom is -0.345 e. The van der Waals surface area contributed by atoms with E-state index in [2.05, 4.69) is 15.9 Å². The van der Waals surface area contributed by atoms with Crippen molar-refractivity contribution < 1.29 is 13.2 Å². The van der Waals surface area contributed by atoms with Gasteiger partial charge < -0.3 is 4.90 Å². The smallest absolute Gasteiger partial charge is 0.240 e. The summed E-state index contributed by atoms with van der Waals surface area (Å²) in [5.41, 5.74) is 0. The van der Waals surface area contributed by atoms with Crippen molar-refractivity contribution in [3.05, 3.63) is 0 Å². The topological polar surface area (TPSA) is 54.5 Å². The zero-order chi connectivity index (χ0) is 13.6. The van der Waals surface area contributed by atoms with Crippen LogP contribution in [0.25, 0.3) is 0 Å². The highest BCUT2D eigenvalue weighted by Gasteiger charge is 2.36. The van der Waals surface area contributed by atoms with E-state index in [9.17, 15) is 13.2 Å². The van der Waals surface area contributed by atoms with Gasteiger partial charge >= 0.3 is 0 Å². The molecule has 0 aliphatic carbocycles. The molecular weight excluding hydrogens is 318 g/mol. The van der Waals surface area contributed by atoms with E-state index in [1.807, 2.05) is 0 Å². The fourth-order valence-corrected chi connectivity index (χ4v) is 4.51. The van der Waals surface area contributed by atoms with Crippen molar-refractivity contribution in [2.75, 3.05) is 24.7 Å². The summed E-state index contributed by atoms with van der Waals surface area (Å²) in [6, 6.07) is 0. The molecule has 1 aliphatic rings. The summed E-state index contributed by atoms with van der Waals surface area (Å²) in [5, 5.41) is 0.189. The van der Waals surface area contributed by atoms with Crippen LogP contribution in [0.15, 0.2) is 0 Å². The van der Waals surface area contributed by atoms with Crippen molar-refractivity contribution in [3.8, 4) is 0 Å². The average molecular weight is 340 g/mol. The molecule has 1 aliphatic heterocycles. The van der Waals surface area contributed by atoms with Gasteiger partial charge in [0.15, 0.2) is 9.84 Å². The number of hydrogen-bond donors (Lipinski definition) is 0. The molecule has 18 heavy (non-hydrogen) atoms. The highest BCUT2D eigenvalue weighted by molar-refractivity contribution is 9.09. The number of nitrogens with zero attached hydrogens (tertiary/aromatic N) is 1. The second kappa shape index (κ2) is 7.48.